The first-order chi connectivity index (χ1) is 11.7. The SMILES string of the molecule is CCN(CC)c1cc(NCCc2c[nH]c3ccccc23)nc(C)n1. The highest BCUT2D eigenvalue weighted by atomic mass is 15.2. The number of H-pyrrole nitrogens is 1. The maximum absolute atomic E-state index is 4.54. The number of hydrogen-bond acceptors (Lipinski definition) is 4. The van der Waals surface area contributed by atoms with Gasteiger partial charge in [0.25, 0.3) is 0 Å². The van der Waals surface area contributed by atoms with Crippen molar-refractivity contribution >= 4 is 22.5 Å². The summed E-state index contributed by atoms with van der Waals surface area (Å²) in [6.07, 6.45) is 3.05. The van der Waals surface area contributed by atoms with E-state index < -0.39 is 0 Å². The van der Waals surface area contributed by atoms with Crippen molar-refractivity contribution in [1.82, 2.24) is 15.0 Å². The van der Waals surface area contributed by atoms with E-state index in [0.717, 1.165) is 43.5 Å². The van der Waals surface area contributed by atoms with Crippen molar-refractivity contribution in [2.24, 2.45) is 0 Å². The molecule has 1 aromatic carbocycles. The summed E-state index contributed by atoms with van der Waals surface area (Å²) in [6.45, 7) is 8.97. The Bertz CT molecular complexity index is 804. The molecule has 5 nitrogen and oxygen atoms in total. The van der Waals surface area contributed by atoms with Gasteiger partial charge in [-0.2, -0.15) is 0 Å². The number of fused-ring (bicyclic) bond motifs is 1. The molecule has 0 unspecified atom stereocenters. The van der Waals surface area contributed by atoms with Gasteiger partial charge in [-0.1, -0.05) is 18.2 Å². The van der Waals surface area contributed by atoms with Gasteiger partial charge in [-0.25, -0.2) is 9.97 Å². The lowest BCUT2D eigenvalue weighted by Crippen LogP contribution is -2.23. The molecule has 0 saturated heterocycles. The molecule has 2 aromatic heterocycles. The number of hydrogen-bond donors (Lipinski definition) is 2. The molecule has 0 spiro atoms. The number of rotatable bonds is 7. The molecule has 126 valence electrons. The molecule has 3 rings (SSSR count). The Balaban J connectivity index is 1.68. The lowest BCUT2D eigenvalue weighted by Gasteiger charge is -2.20. The van der Waals surface area contributed by atoms with Crippen LogP contribution in [0.15, 0.2) is 36.5 Å². The first kappa shape index (κ1) is 16.3. The first-order valence-corrected chi connectivity index (χ1v) is 8.60. The van der Waals surface area contributed by atoms with E-state index in [0.29, 0.717) is 0 Å². The maximum atomic E-state index is 4.54. The van der Waals surface area contributed by atoms with Gasteiger partial charge in [0.2, 0.25) is 0 Å². The monoisotopic (exact) mass is 323 g/mol. The zero-order valence-corrected chi connectivity index (χ0v) is 14.6. The molecule has 0 atom stereocenters. The summed E-state index contributed by atoms with van der Waals surface area (Å²) in [5.41, 5.74) is 2.52. The third kappa shape index (κ3) is 3.50. The highest BCUT2D eigenvalue weighted by Gasteiger charge is 2.08. The van der Waals surface area contributed by atoms with Crippen molar-refractivity contribution < 1.29 is 0 Å². The molecule has 0 amide bonds. The fourth-order valence-electron chi connectivity index (χ4n) is 3.02. The van der Waals surface area contributed by atoms with Crippen molar-refractivity contribution in [3.63, 3.8) is 0 Å². The van der Waals surface area contributed by atoms with Crippen LogP contribution in [0.2, 0.25) is 0 Å². The second-order valence-electron chi connectivity index (χ2n) is 5.87. The number of aromatic nitrogens is 3. The summed E-state index contributed by atoms with van der Waals surface area (Å²) >= 11 is 0. The quantitative estimate of drug-likeness (QED) is 0.695. The van der Waals surface area contributed by atoms with Crippen LogP contribution in [0.1, 0.15) is 25.2 Å². The number of aromatic amines is 1. The molecule has 0 bridgehead atoms. The van der Waals surface area contributed by atoms with Gasteiger partial charge in [0.05, 0.1) is 0 Å². The number of nitrogens with zero attached hydrogens (tertiary/aromatic N) is 3. The van der Waals surface area contributed by atoms with Gasteiger partial charge < -0.3 is 15.2 Å². The van der Waals surface area contributed by atoms with E-state index in [-0.39, 0.29) is 0 Å². The third-order valence-corrected chi connectivity index (χ3v) is 4.29. The molecule has 2 N–H and O–H groups in total. The average molecular weight is 323 g/mol. The summed E-state index contributed by atoms with van der Waals surface area (Å²) in [4.78, 5) is 14.6. The molecule has 0 fully saturated rings. The second kappa shape index (κ2) is 7.34. The molecular weight excluding hydrogens is 298 g/mol. The smallest absolute Gasteiger partial charge is 0.134 e. The van der Waals surface area contributed by atoms with Gasteiger partial charge in [-0.15, -0.1) is 0 Å². The van der Waals surface area contributed by atoms with Crippen LogP contribution in [-0.2, 0) is 6.42 Å². The average Bonchev–Trinajstić information content (AvgIpc) is 2.99. The molecule has 5 heteroatoms. The van der Waals surface area contributed by atoms with Gasteiger partial charge in [-0.05, 0) is 38.8 Å². The Morgan fingerprint density at radius 3 is 2.71 bits per heavy atom. The number of aryl methyl sites for hydroxylation is 1. The van der Waals surface area contributed by atoms with E-state index in [1.54, 1.807) is 0 Å². The first-order valence-electron chi connectivity index (χ1n) is 8.60. The minimum atomic E-state index is 0.800. The lowest BCUT2D eigenvalue weighted by atomic mass is 10.1. The van der Waals surface area contributed by atoms with Crippen molar-refractivity contribution in [3.8, 4) is 0 Å². The van der Waals surface area contributed by atoms with Crippen LogP contribution in [0, 0.1) is 6.92 Å². The lowest BCUT2D eigenvalue weighted by molar-refractivity contribution is 0.833. The van der Waals surface area contributed by atoms with Crippen LogP contribution in [0.4, 0.5) is 11.6 Å². The molecule has 0 radical (unpaired) electrons. The normalized spacial score (nSPS) is 11.0. The Kier molecular flexibility index (Phi) is 4.99. The van der Waals surface area contributed by atoms with Crippen LogP contribution in [-0.4, -0.2) is 34.6 Å². The Labute approximate surface area is 143 Å². The highest BCUT2D eigenvalue weighted by Crippen LogP contribution is 2.19. The minimum absolute atomic E-state index is 0.800. The number of nitrogens with one attached hydrogen (secondary N) is 2. The third-order valence-electron chi connectivity index (χ3n) is 4.29. The number of anilines is 2. The molecular formula is C19H25N5. The summed E-state index contributed by atoms with van der Waals surface area (Å²) in [7, 11) is 0. The molecule has 0 aliphatic rings. The molecule has 0 aliphatic heterocycles. The summed E-state index contributed by atoms with van der Waals surface area (Å²) < 4.78 is 0. The standard InChI is InChI=1S/C19H25N5/c1-4-24(5-2)19-12-18(22-14(3)23-19)20-11-10-15-13-21-17-9-7-6-8-16(15)17/h6-9,12-13,21H,4-5,10-11H2,1-3H3,(H,20,22,23). The Morgan fingerprint density at radius 2 is 1.92 bits per heavy atom. The predicted molar refractivity (Wildman–Crippen MR) is 101 cm³/mol. The van der Waals surface area contributed by atoms with E-state index in [2.05, 4.69) is 69.5 Å². The maximum Gasteiger partial charge on any atom is 0.134 e. The van der Waals surface area contributed by atoms with E-state index >= 15 is 0 Å². The zero-order chi connectivity index (χ0) is 16.9. The summed E-state index contributed by atoms with van der Waals surface area (Å²) in [6, 6.07) is 10.4. The fourth-order valence-corrected chi connectivity index (χ4v) is 3.02. The topological polar surface area (TPSA) is 56.8 Å². The van der Waals surface area contributed by atoms with E-state index in [1.807, 2.05) is 13.0 Å². The summed E-state index contributed by atoms with van der Waals surface area (Å²) in [5, 5.41) is 4.73. The van der Waals surface area contributed by atoms with Gasteiger partial charge in [-0.3, -0.25) is 0 Å². The van der Waals surface area contributed by atoms with Crippen molar-refractivity contribution in [2.45, 2.75) is 27.2 Å². The largest absolute Gasteiger partial charge is 0.370 e. The van der Waals surface area contributed by atoms with Crippen molar-refractivity contribution in [2.75, 3.05) is 29.9 Å². The molecule has 3 aromatic rings. The minimum Gasteiger partial charge on any atom is -0.370 e. The van der Waals surface area contributed by atoms with Crippen LogP contribution < -0.4 is 10.2 Å². The zero-order valence-electron chi connectivity index (χ0n) is 14.6. The summed E-state index contributed by atoms with van der Waals surface area (Å²) in [5.74, 6) is 2.68. The molecule has 2 heterocycles. The van der Waals surface area contributed by atoms with Crippen molar-refractivity contribution in [3.05, 3.63) is 47.9 Å². The fraction of sp³-hybridized carbons (Fsp3) is 0.368. The van der Waals surface area contributed by atoms with Gasteiger partial charge in [0.15, 0.2) is 0 Å². The molecule has 0 saturated carbocycles. The van der Waals surface area contributed by atoms with Crippen molar-refractivity contribution in [1.29, 1.82) is 0 Å². The molecule has 24 heavy (non-hydrogen) atoms. The second-order valence-corrected chi connectivity index (χ2v) is 5.87. The highest BCUT2D eigenvalue weighted by molar-refractivity contribution is 5.83. The Morgan fingerprint density at radius 1 is 1.12 bits per heavy atom. The number of benzene rings is 1. The van der Waals surface area contributed by atoms with E-state index in [4.69, 9.17) is 0 Å². The Hall–Kier alpha value is -2.56. The van der Waals surface area contributed by atoms with Crippen LogP contribution >= 0.6 is 0 Å². The van der Waals surface area contributed by atoms with Crippen LogP contribution in [0.5, 0.6) is 0 Å². The van der Waals surface area contributed by atoms with Crippen LogP contribution in [0.25, 0.3) is 10.9 Å². The van der Waals surface area contributed by atoms with Gasteiger partial charge in [0.1, 0.15) is 17.5 Å². The number of para-hydroxylation sites is 1. The van der Waals surface area contributed by atoms with Gasteiger partial charge in [0, 0.05) is 42.8 Å². The van der Waals surface area contributed by atoms with E-state index in [9.17, 15) is 0 Å². The van der Waals surface area contributed by atoms with Crippen LogP contribution in [0.3, 0.4) is 0 Å². The van der Waals surface area contributed by atoms with Gasteiger partial charge >= 0.3 is 0 Å². The predicted octanol–water partition coefficient (Wildman–Crippen LogP) is 3.77. The van der Waals surface area contributed by atoms with E-state index in [1.165, 1.54) is 16.5 Å². The molecule has 0 aliphatic carbocycles.